The summed E-state index contributed by atoms with van der Waals surface area (Å²) in [4.78, 5) is 22.6. The Bertz CT molecular complexity index is 628. The third-order valence-electron chi connectivity index (χ3n) is 2.55. The van der Waals surface area contributed by atoms with Crippen LogP contribution in [0.2, 0.25) is 0 Å². The number of carbonyl (C=O) groups excluding carboxylic acids is 1. The van der Waals surface area contributed by atoms with Crippen molar-refractivity contribution in [3.8, 4) is 5.75 Å². The van der Waals surface area contributed by atoms with Gasteiger partial charge in [-0.1, -0.05) is 12.1 Å². The van der Waals surface area contributed by atoms with Crippen molar-refractivity contribution in [3.63, 3.8) is 0 Å². The van der Waals surface area contributed by atoms with Crippen molar-refractivity contribution in [2.24, 2.45) is 7.05 Å². The number of hydrogen-bond donors (Lipinski definition) is 0. The van der Waals surface area contributed by atoms with Gasteiger partial charge in [0.05, 0.1) is 5.52 Å². The second-order valence-electron chi connectivity index (χ2n) is 3.91. The minimum atomic E-state index is -0.151. The molecule has 1 aromatic carbocycles. The monoisotopic (exact) mass is 231 g/mol. The number of aromatic nitrogens is 1. The quantitative estimate of drug-likeness (QED) is 0.804. The van der Waals surface area contributed by atoms with Crippen LogP contribution in [0.4, 0.5) is 0 Å². The number of ether oxygens (including phenoxy) is 1. The average Bonchev–Trinajstić information content (AvgIpc) is 2.32. The molecular weight excluding hydrogens is 218 g/mol. The maximum absolute atomic E-state index is 11.7. The molecule has 0 bridgehead atoms. The maximum atomic E-state index is 11.7. The van der Waals surface area contributed by atoms with Crippen LogP contribution in [0.25, 0.3) is 10.9 Å². The number of nitrogens with zero attached hydrogens (tertiary/aromatic N) is 1. The third-order valence-corrected chi connectivity index (χ3v) is 2.55. The molecule has 0 aliphatic carbocycles. The number of carbonyl (C=O) groups is 1. The Morgan fingerprint density at radius 1 is 1.35 bits per heavy atom. The average molecular weight is 231 g/mol. The van der Waals surface area contributed by atoms with E-state index < -0.39 is 0 Å². The number of ketones is 1. The Labute approximate surface area is 98.4 Å². The highest BCUT2D eigenvalue weighted by molar-refractivity contribution is 5.86. The van der Waals surface area contributed by atoms with Gasteiger partial charge in [-0.25, -0.2) is 0 Å². The van der Waals surface area contributed by atoms with E-state index in [1.54, 1.807) is 11.6 Å². The first-order valence-corrected chi connectivity index (χ1v) is 5.30. The molecule has 0 saturated heterocycles. The molecule has 0 radical (unpaired) electrons. The number of fused-ring (bicyclic) bond motifs is 1. The topological polar surface area (TPSA) is 48.3 Å². The minimum Gasteiger partial charge on any atom is -0.485 e. The molecule has 4 heteroatoms. The van der Waals surface area contributed by atoms with Crippen LogP contribution < -0.4 is 10.3 Å². The van der Waals surface area contributed by atoms with Crippen molar-refractivity contribution in [3.05, 3.63) is 40.7 Å². The van der Waals surface area contributed by atoms with E-state index in [1.807, 2.05) is 24.3 Å². The zero-order valence-corrected chi connectivity index (χ0v) is 9.77. The normalized spacial score (nSPS) is 10.5. The molecule has 0 unspecified atom stereocenters. The molecule has 4 nitrogen and oxygen atoms in total. The summed E-state index contributed by atoms with van der Waals surface area (Å²) in [5.41, 5.74) is 0.640. The van der Waals surface area contributed by atoms with E-state index in [4.69, 9.17) is 4.74 Å². The fraction of sp³-hybridized carbons (Fsp3) is 0.231. The Morgan fingerprint density at radius 3 is 2.76 bits per heavy atom. The fourth-order valence-electron chi connectivity index (χ4n) is 1.68. The first-order chi connectivity index (χ1) is 8.09. The molecule has 17 heavy (non-hydrogen) atoms. The number of benzene rings is 1. The second kappa shape index (κ2) is 4.41. The smallest absolute Gasteiger partial charge is 0.254 e. The van der Waals surface area contributed by atoms with Gasteiger partial charge in [-0.2, -0.15) is 0 Å². The van der Waals surface area contributed by atoms with Crippen molar-refractivity contribution < 1.29 is 9.53 Å². The summed E-state index contributed by atoms with van der Waals surface area (Å²) in [6.45, 7) is 1.43. The number of rotatable bonds is 3. The fourth-order valence-corrected chi connectivity index (χ4v) is 1.68. The Balaban J connectivity index is 2.59. The van der Waals surface area contributed by atoms with E-state index in [-0.39, 0.29) is 17.9 Å². The zero-order chi connectivity index (χ0) is 12.4. The predicted molar refractivity (Wildman–Crippen MR) is 65.4 cm³/mol. The minimum absolute atomic E-state index is 0.0167. The number of pyridine rings is 1. The van der Waals surface area contributed by atoms with Gasteiger partial charge in [0, 0.05) is 18.5 Å². The zero-order valence-electron chi connectivity index (χ0n) is 9.77. The van der Waals surface area contributed by atoms with E-state index in [0.717, 1.165) is 10.9 Å². The molecule has 1 heterocycles. The van der Waals surface area contributed by atoms with Gasteiger partial charge >= 0.3 is 0 Å². The molecule has 2 rings (SSSR count). The van der Waals surface area contributed by atoms with Crippen molar-refractivity contribution >= 4 is 16.7 Å². The van der Waals surface area contributed by atoms with Crippen LogP contribution in [0.15, 0.2) is 35.1 Å². The first kappa shape index (κ1) is 11.4. The standard InChI is InChI=1S/C13H13NO3/c1-9(15)8-17-12-7-13(16)14(2)11-6-4-3-5-10(11)12/h3-7H,8H2,1-2H3. The highest BCUT2D eigenvalue weighted by Gasteiger charge is 2.07. The molecule has 0 saturated carbocycles. The summed E-state index contributed by atoms with van der Waals surface area (Å²) >= 11 is 0. The van der Waals surface area contributed by atoms with Gasteiger partial charge in [-0.15, -0.1) is 0 Å². The van der Waals surface area contributed by atoms with Crippen LogP contribution in [0.1, 0.15) is 6.92 Å². The molecule has 88 valence electrons. The lowest BCUT2D eigenvalue weighted by atomic mass is 10.2. The van der Waals surface area contributed by atoms with Gasteiger partial charge in [-0.3, -0.25) is 9.59 Å². The number of para-hydroxylation sites is 1. The van der Waals surface area contributed by atoms with Crippen molar-refractivity contribution in [1.82, 2.24) is 4.57 Å². The lowest BCUT2D eigenvalue weighted by molar-refractivity contribution is -0.118. The van der Waals surface area contributed by atoms with Crippen LogP contribution >= 0.6 is 0 Å². The Morgan fingerprint density at radius 2 is 2.06 bits per heavy atom. The molecule has 0 aliphatic heterocycles. The molecule has 1 aromatic heterocycles. The number of Topliss-reactive ketones (excluding diaryl/α,β-unsaturated/α-hetero) is 1. The van der Waals surface area contributed by atoms with Crippen molar-refractivity contribution in [1.29, 1.82) is 0 Å². The van der Waals surface area contributed by atoms with Crippen LogP contribution in [0.3, 0.4) is 0 Å². The van der Waals surface area contributed by atoms with Gasteiger partial charge in [0.1, 0.15) is 12.4 Å². The van der Waals surface area contributed by atoms with Gasteiger partial charge < -0.3 is 9.30 Å². The van der Waals surface area contributed by atoms with Gasteiger partial charge in [0.25, 0.3) is 5.56 Å². The maximum Gasteiger partial charge on any atom is 0.254 e. The lowest BCUT2D eigenvalue weighted by Crippen LogP contribution is -2.17. The third kappa shape index (κ3) is 2.20. The highest BCUT2D eigenvalue weighted by atomic mass is 16.5. The van der Waals surface area contributed by atoms with E-state index in [1.165, 1.54) is 13.0 Å². The Kier molecular flexibility index (Phi) is 2.95. The van der Waals surface area contributed by atoms with Crippen molar-refractivity contribution in [2.45, 2.75) is 6.92 Å². The van der Waals surface area contributed by atoms with Crippen LogP contribution in [0, 0.1) is 0 Å². The molecule has 0 amide bonds. The summed E-state index contributed by atoms with van der Waals surface area (Å²) < 4.78 is 6.91. The van der Waals surface area contributed by atoms with Crippen molar-refractivity contribution in [2.75, 3.05) is 6.61 Å². The van der Waals surface area contributed by atoms with E-state index in [9.17, 15) is 9.59 Å². The van der Waals surface area contributed by atoms with Crippen LogP contribution in [-0.4, -0.2) is 17.0 Å². The first-order valence-electron chi connectivity index (χ1n) is 5.30. The lowest BCUT2D eigenvalue weighted by Gasteiger charge is -2.10. The van der Waals surface area contributed by atoms with Gasteiger partial charge in [0.2, 0.25) is 0 Å². The SMILES string of the molecule is CC(=O)COc1cc(=O)n(C)c2ccccc12. The largest absolute Gasteiger partial charge is 0.485 e. The number of hydrogen-bond acceptors (Lipinski definition) is 3. The van der Waals surface area contributed by atoms with E-state index >= 15 is 0 Å². The summed E-state index contributed by atoms with van der Waals surface area (Å²) in [6, 6.07) is 8.84. The van der Waals surface area contributed by atoms with Gasteiger partial charge in [-0.05, 0) is 19.1 Å². The molecule has 0 N–H and O–H groups in total. The van der Waals surface area contributed by atoms with Crippen LogP contribution in [0.5, 0.6) is 5.75 Å². The molecule has 0 fully saturated rings. The molecule has 0 aliphatic rings. The number of aryl methyl sites for hydroxylation is 1. The summed E-state index contributed by atoms with van der Waals surface area (Å²) in [7, 11) is 1.71. The van der Waals surface area contributed by atoms with Crippen LogP contribution in [-0.2, 0) is 11.8 Å². The molecule has 2 aromatic rings. The second-order valence-corrected chi connectivity index (χ2v) is 3.91. The van der Waals surface area contributed by atoms with Gasteiger partial charge in [0.15, 0.2) is 5.78 Å². The van der Waals surface area contributed by atoms with E-state index in [2.05, 4.69) is 0 Å². The molecule has 0 spiro atoms. The predicted octanol–water partition coefficient (Wildman–Crippen LogP) is 1.51. The van der Waals surface area contributed by atoms with E-state index in [0.29, 0.717) is 5.75 Å². The highest BCUT2D eigenvalue weighted by Crippen LogP contribution is 2.22. The Hall–Kier alpha value is -2.10. The summed E-state index contributed by atoms with van der Waals surface area (Å²) in [5.74, 6) is 0.383. The molecular formula is C13H13NO3. The summed E-state index contributed by atoms with van der Waals surface area (Å²) in [6.07, 6.45) is 0. The molecule has 0 atom stereocenters. The summed E-state index contributed by atoms with van der Waals surface area (Å²) in [5, 5.41) is 0.829.